The number of nitrogens with zero attached hydrogens (tertiary/aromatic N) is 2. The number of H-pyrrole nitrogens is 1. The normalized spacial score (nSPS) is 21.7. The average molecular weight is 389 g/mol. The van der Waals surface area contributed by atoms with Crippen molar-refractivity contribution in [2.45, 2.75) is 39.8 Å². The fraction of sp³-hybridized carbons (Fsp3) is 0.417. The number of ether oxygens (including phenoxy) is 2. The Bertz CT molecular complexity index is 1050. The first-order chi connectivity index (χ1) is 14.0. The number of fused-ring (bicyclic) bond motifs is 3. The lowest BCUT2D eigenvalue weighted by atomic mass is 10.1. The smallest absolute Gasteiger partial charge is 0.218 e. The van der Waals surface area contributed by atoms with Crippen LogP contribution < -0.4 is 0 Å². The molecule has 0 radical (unpaired) electrons. The molecule has 29 heavy (non-hydrogen) atoms. The summed E-state index contributed by atoms with van der Waals surface area (Å²) in [4.78, 5) is 13.3. The van der Waals surface area contributed by atoms with Gasteiger partial charge in [0.05, 0.1) is 34.2 Å². The van der Waals surface area contributed by atoms with Crippen LogP contribution in [-0.4, -0.2) is 42.1 Å². The van der Waals surface area contributed by atoms with Crippen LogP contribution in [0.1, 0.15) is 38.8 Å². The molecular weight excluding hydrogens is 362 g/mol. The van der Waals surface area contributed by atoms with Crippen molar-refractivity contribution in [3.8, 4) is 0 Å². The Balaban J connectivity index is 1.65. The Morgan fingerprint density at radius 2 is 1.21 bits per heavy atom. The van der Waals surface area contributed by atoms with Gasteiger partial charge in [-0.2, -0.15) is 0 Å². The van der Waals surface area contributed by atoms with Gasteiger partial charge in [-0.05, 0) is 24.0 Å². The zero-order chi connectivity index (χ0) is 20.1. The largest absolute Gasteiger partial charge is 0.475 e. The van der Waals surface area contributed by atoms with Gasteiger partial charge in [0.25, 0.3) is 0 Å². The molecule has 150 valence electrons. The maximum Gasteiger partial charge on any atom is 0.218 e. The molecule has 0 aliphatic carbocycles. The van der Waals surface area contributed by atoms with Crippen molar-refractivity contribution in [3.05, 3.63) is 47.5 Å². The highest BCUT2D eigenvalue weighted by molar-refractivity contribution is 6.19. The summed E-state index contributed by atoms with van der Waals surface area (Å²) in [5.74, 6) is 2.40. The maximum atomic E-state index is 5.97. The highest BCUT2D eigenvalue weighted by Crippen LogP contribution is 2.32. The summed E-state index contributed by atoms with van der Waals surface area (Å²) >= 11 is 0. The molecule has 0 saturated carbocycles. The van der Waals surface area contributed by atoms with Crippen LogP contribution >= 0.6 is 0 Å². The minimum Gasteiger partial charge on any atom is -0.475 e. The van der Waals surface area contributed by atoms with Crippen LogP contribution in [0.15, 0.2) is 46.4 Å². The molecule has 5 rings (SSSR count). The topological polar surface area (TPSA) is 59.0 Å². The lowest BCUT2D eigenvalue weighted by Gasteiger charge is -2.06. The van der Waals surface area contributed by atoms with E-state index in [0.29, 0.717) is 25.0 Å². The van der Waals surface area contributed by atoms with Gasteiger partial charge in [-0.25, -0.2) is 9.98 Å². The fourth-order valence-corrected chi connectivity index (χ4v) is 4.06. The molecule has 1 aromatic heterocycles. The van der Waals surface area contributed by atoms with Gasteiger partial charge in [0.15, 0.2) is 0 Å². The van der Waals surface area contributed by atoms with Crippen LogP contribution in [0.3, 0.4) is 0 Å². The summed E-state index contributed by atoms with van der Waals surface area (Å²) in [7, 11) is 0. The molecule has 2 atom stereocenters. The third kappa shape index (κ3) is 3.00. The lowest BCUT2D eigenvalue weighted by Crippen LogP contribution is -2.13. The van der Waals surface area contributed by atoms with Crippen LogP contribution in [0.5, 0.6) is 0 Å². The van der Waals surface area contributed by atoms with E-state index in [9.17, 15) is 0 Å². The molecular formula is C24H27N3O2. The Morgan fingerprint density at radius 3 is 1.59 bits per heavy atom. The van der Waals surface area contributed by atoms with E-state index >= 15 is 0 Å². The molecule has 2 aromatic carbocycles. The number of nitrogens with one attached hydrogen (secondary N) is 1. The second-order valence-corrected chi connectivity index (χ2v) is 8.69. The third-order valence-corrected chi connectivity index (χ3v) is 6.02. The Hall–Kier alpha value is -2.82. The number of aromatic amines is 1. The van der Waals surface area contributed by atoms with Crippen LogP contribution in [-0.2, 0) is 9.47 Å². The number of aromatic nitrogens is 1. The molecule has 0 bridgehead atoms. The molecule has 0 fully saturated rings. The van der Waals surface area contributed by atoms with Crippen LogP contribution in [0, 0.1) is 11.8 Å². The van der Waals surface area contributed by atoms with Crippen LogP contribution in [0.4, 0.5) is 0 Å². The fourth-order valence-electron chi connectivity index (χ4n) is 4.06. The number of hydrogen-bond acceptors (Lipinski definition) is 4. The van der Waals surface area contributed by atoms with E-state index in [1.54, 1.807) is 0 Å². The third-order valence-electron chi connectivity index (χ3n) is 6.02. The summed E-state index contributed by atoms with van der Waals surface area (Å²) in [6, 6.07) is 13.0. The number of hydrogen-bond donors (Lipinski definition) is 1. The van der Waals surface area contributed by atoms with E-state index in [1.165, 1.54) is 0 Å². The quantitative estimate of drug-likeness (QED) is 0.688. The van der Waals surface area contributed by atoms with Gasteiger partial charge in [0, 0.05) is 10.8 Å². The number of aliphatic imine (C=N–C) groups is 2. The summed E-state index contributed by atoms with van der Waals surface area (Å²) in [6.45, 7) is 10.0. The van der Waals surface area contributed by atoms with Crippen molar-refractivity contribution in [2.24, 2.45) is 21.8 Å². The number of para-hydroxylation sites is 2. The predicted octanol–water partition coefficient (Wildman–Crippen LogP) is 4.92. The van der Waals surface area contributed by atoms with E-state index in [2.05, 4.69) is 69.1 Å². The first-order valence-electron chi connectivity index (χ1n) is 10.5. The van der Waals surface area contributed by atoms with E-state index in [1.807, 2.05) is 0 Å². The molecule has 1 N–H and O–H groups in total. The summed E-state index contributed by atoms with van der Waals surface area (Å²) in [6.07, 6.45) is 0. The highest BCUT2D eigenvalue weighted by Gasteiger charge is 2.27. The maximum absolute atomic E-state index is 5.97. The van der Waals surface area contributed by atoms with Crippen molar-refractivity contribution in [1.29, 1.82) is 0 Å². The zero-order valence-corrected chi connectivity index (χ0v) is 17.4. The molecule has 3 aromatic rings. The van der Waals surface area contributed by atoms with Gasteiger partial charge in [-0.1, -0.05) is 52.0 Å². The SMILES string of the molecule is CC(C)[C@H]1COC(c2cccc3c2[nH]c2c(C4=N[C@@H](C(C)C)CO4)cccc23)=N1. The van der Waals surface area contributed by atoms with Crippen LogP contribution in [0.25, 0.3) is 21.8 Å². The molecule has 2 aliphatic rings. The van der Waals surface area contributed by atoms with E-state index < -0.39 is 0 Å². The first-order valence-corrected chi connectivity index (χ1v) is 10.5. The predicted molar refractivity (Wildman–Crippen MR) is 118 cm³/mol. The van der Waals surface area contributed by atoms with Crippen molar-refractivity contribution in [3.63, 3.8) is 0 Å². The van der Waals surface area contributed by atoms with Gasteiger partial charge in [0.1, 0.15) is 13.2 Å². The summed E-state index contributed by atoms with van der Waals surface area (Å²) < 4.78 is 11.9. The van der Waals surface area contributed by atoms with Gasteiger partial charge < -0.3 is 14.5 Å². The van der Waals surface area contributed by atoms with Crippen molar-refractivity contribution >= 4 is 33.6 Å². The minimum absolute atomic E-state index is 0.217. The molecule has 3 heterocycles. The average Bonchev–Trinajstić information content (AvgIpc) is 3.44. The second-order valence-electron chi connectivity index (χ2n) is 8.69. The minimum atomic E-state index is 0.217. The molecule has 0 spiro atoms. The van der Waals surface area contributed by atoms with E-state index in [-0.39, 0.29) is 12.1 Å². The zero-order valence-electron chi connectivity index (χ0n) is 17.4. The Morgan fingerprint density at radius 1 is 0.759 bits per heavy atom. The molecule has 5 nitrogen and oxygen atoms in total. The first kappa shape index (κ1) is 18.2. The Labute approximate surface area is 170 Å². The van der Waals surface area contributed by atoms with Gasteiger partial charge in [-0.3, -0.25) is 0 Å². The van der Waals surface area contributed by atoms with E-state index in [0.717, 1.165) is 44.7 Å². The number of benzene rings is 2. The van der Waals surface area contributed by atoms with Crippen molar-refractivity contribution in [1.82, 2.24) is 4.98 Å². The molecule has 0 amide bonds. The second kappa shape index (κ2) is 6.90. The van der Waals surface area contributed by atoms with Crippen molar-refractivity contribution < 1.29 is 9.47 Å². The van der Waals surface area contributed by atoms with Crippen LogP contribution in [0.2, 0.25) is 0 Å². The van der Waals surface area contributed by atoms with Gasteiger partial charge in [0.2, 0.25) is 11.8 Å². The summed E-state index contributed by atoms with van der Waals surface area (Å²) in [5.41, 5.74) is 4.14. The van der Waals surface area contributed by atoms with Gasteiger partial charge in [-0.15, -0.1) is 0 Å². The Kier molecular flexibility index (Phi) is 4.34. The van der Waals surface area contributed by atoms with E-state index in [4.69, 9.17) is 19.5 Å². The molecule has 0 saturated heterocycles. The molecule has 0 unspecified atom stereocenters. The molecule has 2 aliphatic heterocycles. The van der Waals surface area contributed by atoms with Crippen molar-refractivity contribution in [2.75, 3.05) is 13.2 Å². The van der Waals surface area contributed by atoms with Gasteiger partial charge >= 0.3 is 0 Å². The molecule has 5 heteroatoms. The lowest BCUT2D eigenvalue weighted by molar-refractivity contribution is 0.292. The number of rotatable bonds is 4. The highest BCUT2D eigenvalue weighted by atomic mass is 16.5. The summed E-state index contributed by atoms with van der Waals surface area (Å²) in [5, 5.41) is 2.33. The standard InChI is InChI=1S/C24H27N3O2/c1-13(2)19-11-28-23(25-19)17-9-5-7-15-16-8-6-10-18(22(16)27-21(15)17)24-26-20(12-29-24)14(3)4/h5-10,13-14,19-20,27H,11-12H2,1-4H3/t19-,20-/m1/s1. The monoisotopic (exact) mass is 389 g/mol.